The van der Waals surface area contributed by atoms with Crippen LogP contribution in [0.1, 0.15) is 17.0 Å². The molecule has 0 aliphatic heterocycles. The molecule has 4 aromatic rings. The fourth-order valence-electron chi connectivity index (χ4n) is 2.99. The van der Waals surface area contributed by atoms with Crippen molar-refractivity contribution in [1.82, 2.24) is 29.9 Å². The number of H-pyrrole nitrogens is 2. The minimum Gasteiger partial charge on any atom is -0.449 e. The van der Waals surface area contributed by atoms with Crippen molar-refractivity contribution in [3.05, 3.63) is 85.5 Å². The molecule has 10 nitrogen and oxygen atoms in total. The van der Waals surface area contributed by atoms with Gasteiger partial charge < -0.3 is 4.74 Å². The lowest BCUT2D eigenvalue weighted by Gasteiger charge is -2.15. The van der Waals surface area contributed by atoms with Crippen LogP contribution in [0, 0.1) is 11.3 Å². The van der Waals surface area contributed by atoms with Gasteiger partial charge in [-0.1, -0.05) is 11.6 Å². The zero-order valence-electron chi connectivity index (χ0n) is 16.7. The number of nitrogens with one attached hydrogen (secondary N) is 2. The van der Waals surface area contributed by atoms with E-state index < -0.39 is 28.7 Å². The number of nitrogens with zero attached hydrogens (tertiary/aromatic N) is 5. The number of alkyl halides is 3. The third kappa shape index (κ3) is 4.66. The van der Waals surface area contributed by atoms with E-state index in [2.05, 4.69) is 25.4 Å². The topological polar surface area (TPSA) is 142 Å². The zero-order chi connectivity index (χ0) is 24.5. The maximum absolute atomic E-state index is 13.5. The predicted octanol–water partition coefficient (Wildman–Crippen LogP) is 3.10. The monoisotopic (exact) mass is 489 g/mol. The van der Waals surface area contributed by atoms with Crippen molar-refractivity contribution in [2.45, 2.75) is 12.7 Å². The number of nitriles is 1. The first-order valence-corrected chi connectivity index (χ1v) is 9.67. The van der Waals surface area contributed by atoms with Gasteiger partial charge >= 0.3 is 6.18 Å². The molecule has 4 rings (SSSR count). The van der Waals surface area contributed by atoms with Crippen LogP contribution in [0.2, 0.25) is 5.02 Å². The van der Waals surface area contributed by atoms with Gasteiger partial charge in [0.05, 0.1) is 41.5 Å². The van der Waals surface area contributed by atoms with Crippen molar-refractivity contribution >= 4 is 11.6 Å². The van der Waals surface area contributed by atoms with Crippen LogP contribution < -0.4 is 15.9 Å². The van der Waals surface area contributed by atoms with Crippen LogP contribution in [0.5, 0.6) is 11.5 Å². The highest BCUT2D eigenvalue weighted by molar-refractivity contribution is 6.30. The molecule has 1 aromatic carbocycles. The summed E-state index contributed by atoms with van der Waals surface area (Å²) >= 11 is 5.88. The van der Waals surface area contributed by atoms with E-state index in [9.17, 15) is 22.8 Å². The number of ether oxygens (including phenoxy) is 1. The van der Waals surface area contributed by atoms with E-state index >= 15 is 0 Å². The van der Waals surface area contributed by atoms with Gasteiger partial charge in [0.25, 0.3) is 11.1 Å². The summed E-state index contributed by atoms with van der Waals surface area (Å²) in [4.78, 5) is 28.4. The van der Waals surface area contributed by atoms with Crippen molar-refractivity contribution in [2.24, 2.45) is 0 Å². The number of benzene rings is 1. The highest BCUT2D eigenvalue weighted by Crippen LogP contribution is 2.35. The Kier molecular flexibility index (Phi) is 5.91. The molecule has 34 heavy (non-hydrogen) atoms. The smallest absolute Gasteiger partial charge is 0.437 e. The lowest BCUT2D eigenvalue weighted by molar-refractivity contribution is -0.142. The first kappa shape index (κ1) is 22.7. The largest absolute Gasteiger partial charge is 0.449 e. The van der Waals surface area contributed by atoms with Crippen molar-refractivity contribution in [3.8, 4) is 28.8 Å². The molecule has 0 saturated carbocycles. The molecule has 0 amide bonds. The number of hydrogen-bond donors (Lipinski definition) is 2. The second-order valence-electron chi connectivity index (χ2n) is 6.81. The number of rotatable bonds is 5. The molecule has 0 radical (unpaired) electrons. The summed E-state index contributed by atoms with van der Waals surface area (Å²) < 4.78 is 46.7. The molecular weight excluding hydrogens is 479 g/mol. The number of halogens is 4. The Morgan fingerprint density at radius 1 is 1.18 bits per heavy atom. The molecule has 0 atom stereocenters. The van der Waals surface area contributed by atoms with E-state index in [-0.39, 0.29) is 34.1 Å². The van der Waals surface area contributed by atoms with Crippen molar-refractivity contribution in [3.63, 3.8) is 0 Å². The van der Waals surface area contributed by atoms with Crippen LogP contribution in [0.25, 0.3) is 11.3 Å². The van der Waals surface area contributed by atoms with Crippen molar-refractivity contribution in [1.29, 1.82) is 5.26 Å². The van der Waals surface area contributed by atoms with E-state index in [1.165, 1.54) is 24.4 Å². The Morgan fingerprint density at radius 3 is 2.65 bits per heavy atom. The number of aromatic amines is 2. The van der Waals surface area contributed by atoms with Crippen LogP contribution >= 0.6 is 11.6 Å². The predicted molar refractivity (Wildman–Crippen MR) is 111 cm³/mol. The SMILES string of the molecule is N#Cc1cc(Cl)cc(Oc2c(C(F)(F)F)ncn(Cc3cc(-c4ccn[nH]4)c(=O)[nH]n3)c2=O)c1. The highest BCUT2D eigenvalue weighted by Gasteiger charge is 2.38. The van der Waals surface area contributed by atoms with Crippen LogP contribution in [-0.2, 0) is 12.7 Å². The first-order chi connectivity index (χ1) is 16.2. The molecule has 172 valence electrons. The molecule has 0 fully saturated rings. The van der Waals surface area contributed by atoms with Gasteiger partial charge in [-0.25, -0.2) is 10.1 Å². The van der Waals surface area contributed by atoms with E-state index in [4.69, 9.17) is 21.6 Å². The average molecular weight is 490 g/mol. The summed E-state index contributed by atoms with van der Waals surface area (Å²) in [6.45, 7) is -0.336. The van der Waals surface area contributed by atoms with Gasteiger partial charge in [0.2, 0.25) is 5.75 Å². The molecule has 0 aliphatic rings. The second kappa shape index (κ2) is 8.83. The standard InChI is InChI=1S/C20H11ClF3N7O3/c21-11-3-10(7-25)4-13(5-11)34-16-17(20(22,23)24)26-9-31(19(16)33)8-12-6-14(18(32)30-28-12)15-1-2-27-29-15/h1-6,9H,8H2,(H,27,29)(H,30,32). The van der Waals surface area contributed by atoms with Crippen LogP contribution in [0.4, 0.5) is 13.2 Å². The molecule has 0 saturated heterocycles. The lowest BCUT2D eigenvalue weighted by Crippen LogP contribution is -2.27. The Bertz CT molecular complexity index is 1520. The van der Waals surface area contributed by atoms with E-state index in [1.807, 2.05) is 0 Å². The maximum atomic E-state index is 13.5. The third-order valence-corrected chi connectivity index (χ3v) is 4.68. The molecule has 0 bridgehead atoms. The lowest BCUT2D eigenvalue weighted by atomic mass is 10.2. The summed E-state index contributed by atoms with van der Waals surface area (Å²) in [5, 5.41) is 21.5. The fourth-order valence-corrected chi connectivity index (χ4v) is 3.21. The summed E-state index contributed by atoms with van der Waals surface area (Å²) in [7, 11) is 0. The highest BCUT2D eigenvalue weighted by atomic mass is 35.5. The van der Waals surface area contributed by atoms with Crippen LogP contribution in [0.15, 0.2) is 52.4 Å². The summed E-state index contributed by atoms with van der Waals surface area (Å²) in [6.07, 6.45) is -2.88. The van der Waals surface area contributed by atoms with Crippen molar-refractivity contribution < 1.29 is 17.9 Å². The minimum atomic E-state index is -5.01. The van der Waals surface area contributed by atoms with Gasteiger partial charge in [0, 0.05) is 11.2 Å². The normalized spacial score (nSPS) is 11.3. The summed E-state index contributed by atoms with van der Waals surface area (Å²) in [6, 6.07) is 8.24. The minimum absolute atomic E-state index is 0.0176. The van der Waals surface area contributed by atoms with Gasteiger partial charge in [-0.15, -0.1) is 0 Å². The Labute approximate surface area is 192 Å². The second-order valence-corrected chi connectivity index (χ2v) is 7.25. The molecular formula is C20H11ClF3N7O3. The van der Waals surface area contributed by atoms with Gasteiger partial charge in [-0.2, -0.15) is 28.6 Å². The summed E-state index contributed by atoms with van der Waals surface area (Å²) in [5.41, 5.74) is -2.56. The molecule has 14 heteroatoms. The zero-order valence-corrected chi connectivity index (χ0v) is 17.5. The maximum Gasteiger partial charge on any atom is 0.437 e. The quantitative estimate of drug-likeness (QED) is 0.438. The van der Waals surface area contributed by atoms with Crippen LogP contribution in [0.3, 0.4) is 0 Å². The first-order valence-electron chi connectivity index (χ1n) is 9.29. The molecule has 3 heterocycles. The number of hydrogen-bond acceptors (Lipinski definition) is 7. The number of aromatic nitrogens is 6. The molecule has 0 spiro atoms. The van der Waals surface area contributed by atoms with E-state index in [1.54, 1.807) is 6.07 Å². The molecule has 0 unspecified atom stereocenters. The van der Waals surface area contributed by atoms with E-state index in [0.717, 1.165) is 16.7 Å². The Morgan fingerprint density at radius 2 is 1.97 bits per heavy atom. The van der Waals surface area contributed by atoms with Gasteiger partial charge in [-0.05, 0) is 30.3 Å². The Balaban J connectivity index is 1.77. The molecule has 0 aliphatic carbocycles. The Hall–Kier alpha value is -4.44. The summed E-state index contributed by atoms with van der Waals surface area (Å²) in [5.74, 6) is -1.37. The van der Waals surface area contributed by atoms with Gasteiger partial charge in [0.1, 0.15) is 5.75 Å². The molecule has 2 N–H and O–H groups in total. The fraction of sp³-hybridized carbons (Fsp3) is 0.100. The third-order valence-electron chi connectivity index (χ3n) is 4.47. The van der Waals surface area contributed by atoms with E-state index in [0.29, 0.717) is 12.0 Å². The average Bonchev–Trinajstić information content (AvgIpc) is 3.31. The van der Waals surface area contributed by atoms with Gasteiger partial charge in [-0.3, -0.25) is 19.3 Å². The molecule has 3 aromatic heterocycles. The van der Waals surface area contributed by atoms with Crippen LogP contribution in [-0.4, -0.2) is 29.9 Å². The van der Waals surface area contributed by atoms with Gasteiger partial charge in [0.15, 0.2) is 5.69 Å². The van der Waals surface area contributed by atoms with Crippen molar-refractivity contribution in [2.75, 3.05) is 0 Å².